The number of hydrogen-bond donors (Lipinski definition) is 0. The number of carbonyl (C=O) groups excluding carboxylic acids is 2. The van der Waals surface area contributed by atoms with Crippen molar-refractivity contribution in [1.29, 1.82) is 0 Å². The molecule has 0 fully saturated rings. The summed E-state index contributed by atoms with van der Waals surface area (Å²) in [4.78, 5) is 23.0. The molecule has 0 bridgehead atoms. The summed E-state index contributed by atoms with van der Waals surface area (Å²) in [7, 11) is 0. The molecule has 19 heavy (non-hydrogen) atoms. The SMILES string of the molecule is C=CCOc1ccc(C(=O)CCC(=O)OCC)cc1. The standard InChI is InChI=1S/C15H18O4/c1-3-11-19-13-7-5-12(6-8-13)14(16)9-10-15(17)18-4-2/h3,5-8H,1,4,9-11H2,2H3. The van der Waals surface area contributed by atoms with Crippen LogP contribution in [0.4, 0.5) is 0 Å². The van der Waals surface area contributed by atoms with E-state index in [0.29, 0.717) is 24.5 Å². The van der Waals surface area contributed by atoms with Gasteiger partial charge in [0, 0.05) is 12.0 Å². The lowest BCUT2D eigenvalue weighted by molar-refractivity contribution is -0.143. The monoisotopic (exact) mass is 262 g/mol. The van der Waals surface area contributed by atoms with Crippen molar-refractivity contribution in [2.75, 3.05) is 13.2 Å². The van der Waals surface area contributed by atoms with Gasteiger partial charge in [0.15, 0.2) is 5.78 Å². The quantitative estimate of drug-likeness (QED) is 0.410. The Bertz CT molecular complexity index is 434. The molecule has 0 amide bonds. The van der Waals surface area contributed by atoms with Gasteiger partial charge in [-0.25, -0.2) is 0 Å². The van der Waals surface area contributed by atoms with Crippen LogP contribution in [0.3, 0.4) is 0 Å². The molecule has 4 nitrogen and oxygen atoms in total. The van der Waals surface area contributed by atoms with Gasteiger partial charge in [-0.15, -0.1) is 0 Å². The normalized spacial score (nSPS) is 9.74. The van der Waals surface area contributed by atoms with Crippen molar-refractivity contribution in [3.8, 4) is 5.75 Å². The molecule has 0 aromatic heterocycles. The van der Waals surface area contributed by atoms with E-state index in [9.17, 15) is 9.59 Å². The molecule has 0 aliphatic rings. The van der Waals surface area contributed by atoms with Gasteiger partial charge in [-0.3, -0.25) is 9.59 Å². The maximum atomic E-state index is 11.8. The zero-order chi connectivity index (χ0) is 14.1. The van der Waals surface area contributed by atoms with Crippen LogP contribution >= 0.6 is 0 Å². The van der Waals surface area contributed by atoms with Crippen molar-refractivity contribution < 1.29 is 19.1 Å². The van der Waals surface area contributed by atoms with E-state index in [-0.39, 0.29) is 24.6 Å². The fourth-order valence-electron chi connectivity index (χ4n) is 1.49. The van der Waals surface area contributed by atoms with Crippen molar-refractivity contribution >= 4 is 11.8 Å². The summed E-state index contributed by atoms with van der Waals surface area (Å²) in [5.74, 6) is 0.256. The molecule has 0 heterocycles. The number of benzene rings is 1. The van der Waals surface area contributed by atoms with Gasteiger partial charge in [-0.1, -0.05) is 12.7 Å². The third-order valence-electron chi connectivity index (χ3n) is 2.41. The Labute approximate surface area is 113 Å². The summed E-state index contributed by atoms with van der Waals surface area (Å²) in [6, 6.07) is 6.82. The molecular formula is C15H18O4. The van der Waals surface area contributed by atoms with E-state index in [1.54, 1.807) is 37.3 Å². The molecule has 0 spiro atoms. The van der Waals surface area contributed by atoms with Crippen LogP contribution in [0.5, 0.6) is 5.75 Å². The second-order valence-electron chi connectivity index (χ2n) is 3.85. The average molecular weight is 262 g/mol. The Balaban J connectivity index is 2.48. The van der Waals surface area contributed by atoms with Gasteiger partial charge >= 0.3 is 5.97 Å². The van der Waals surface area contributed by atoms with Crippen LogP contribution in [0.15, 0.2) is 36.9 Å². The predicted octanol–water partition coefficient (Wildman–Crippen LogP) is 2.78. The van der Waals surface area contributed by atoms with Gasteiger partial charge in [-0.2, -0.15) is 0 Å². The van der Waals surface area contributed by atoms with Gasteiger partial charge in [0.05, 0.1) is 13.0 Å². The van der Waals surface area contributed by atoms with E-state index in [2.05, 4.69) is 6.58 Å². The Hall–Kier alpha value is -2.10. The van der Waals surface area contributed by atoms with E-state index in [1.807, 2.05) is 0 Å². The van der Waals surface area contributed by atoms with E-state index >= 15 is 0 Å². The molecule has 0 aliphatic carbocycles. The molecule has 4 heteroatoms. The second kappa shape index (κ2) is 8.08. The van der Waals surface area contributed by atoms with Crippen molar-refractivity contribution in [2.24, 2.45) is 0 Å². The molecule has 0 aliphatic heterocycles. The lowest BCUT2D eigenvalue weighted by Crippen LogP contribution is -2.07. The summed E-state index contributed by atoms with van der Waals surface area (Å²) in [5, 5.41) is 0. The third-order valence-corrected chi connectivity index (χ3v) is 2.41. The molecule has 0 unspecified atom stereocenters. The van der Waals surface area contributed by atoms with Gasteiger partial charge in [0.2, 0.25) is 0 Å². The molecule has 1 aromatic carbocycles. The van der Waals surface area contributed by atoms with Crippen LogP contribution in [0.25, 0.3) is 0 Å². The van der Waals surface area contributed by atoms with E-state index in [1.165, 1.54) is 0 Å². The zero-order valence-electron chi connectivity index (χ0n) is 11.1. The lowest BCUT2D eigenvalue weighted by atomic mass is 10.1. The molecule has 0 atom stereocenters. The van der Waals surface area contributed by atoms with Crippen LogP contribution in [0.1, 0.15) is 30.1 Å². The molecular weight excluding hydrogens is 244 g/mol. The van der Waals surface area contributed by atoms with Gasteiger partial charge in [-0.05, 0) is 31.2 Å². The fourth-order valence-corrected chi connectivity index (χ4v) is 1.49. The zero-order valence-corrected chi connectivity index (χ0v) is 11.1. The highest BCUT2D eigenvalue weighted by molar-refractivity contribution is 5.97. The Morgan fingerprint density at radius 3 is 2.47 bits per heavy atom. The molecule has 0 radical (unpaired) electrons. The first kappa shape index (κ1) is 15.0. The van der Waals surface area contributed by atoms with E-state index < -0.39 is 0 Å². The summed E-state index contributed by atoms with van der Waals surface area (Å²) in [6.45, 7) is 6.05. The van der Waals surface area contributed by atoms with Gasteiger partial charge in [0.1, 0.15) is 12.4 Å². The second-order valence-corrected chi connectivity index (χ2v) is 3.85. The van der Waals surface area contributed by atoms with Crippen molar-refractivity contribution in [3.63, 3.8) is 0 Å². The van der Waals surface area contributed by atoms with Gasteiger partial charge < -0.3 is 9.47 Å². The first-order valence-corrected chi connectivity index (χ1v) is 6.20. The van der Waals surface area contributed by atoms with Gasteiger partial charge in [0.25, 0.3) is 0 Å². The highest BCUT2D eigenvalue weighted by atomic mass is 16.5. The Morgan fingerprint density at radius 2 is 1.89 bits per heavy atom. The molecule has 0 N–H and O–H groups in total. The minimum absolute atomic E-state index is 0.0803. The Kier molecular flexibility index (Phi) is 6.36. The molecule has 102 valence electrons. The topological polar surface area (TPSA) is 52.6 Å². The van der Waals surface area contributed by atoms with Crippen LogP contribution < -0.4 is 4.74 Å². The number of ketones is 1. The summed E-state index contributed by atoms with van der Waals surface area (Å²) in [5.41, 5.74) is 0.565. The lowest BCUT2D eigenvalue weighted by Gasteiger charge is -2.05. The van der Waals surface area contributed by atoms with Crippen LogP contribution in [0.2, 0.25) is 0 Å². The molecule has 0 saturated carbocycles. The first-order chi connectivity index (χ1) is 9.17. The minimum atomic E-state index is -0.346. The van der Waals surface area contributed by atoms with Crippen molar-refractivity contribution in [3.05, 3.63) is 42.5 Å². The number of Topliss-reactive ketones (excluding diaryl/α,β-unsaturated/α-hetero) is 1. The number of carbonyl (C=O) groups is 2. The fraction of sp³-hybridized carbons (Fsp3) is 0.333. The van der Waals surface area contributed by atoms with Crippen LogP contribution in [-0.4, -0.2) is 25.0 Å². The number of rotatable bonds is 8. The molecule has 1 aromatic rings. The molecule has 0 saturated heterocycles. The van der Waals surface area contributed by atoms with Crippen molar-refractivity contribution in [1.82, 2.24) is 0 Å². The minimum Gasteiger partial charge on any atom is -0.490 e. The number of hydrogen-bond acceptors (Lipinski definition) is 4. The van der Waals surface area contributed by atoms with Crippen LogP contribution in [0, 0.1) is 0 Å². The summed E-state index contributed by atoms with van der Waals surface area (Å²) < 4.78 is 10.1. The predicted molar refractivity (Wildman–Crippen MR) is 72.3 cm³/mol. The van der Waals surface area contributed by atoms with E-state index in [0.717, 1.165) is 0 Å². The maximum Gasteiger partial charge on any atom is 0.306 e. The maximum absolute atomic E-state index is 11.8. The van der Waals surface area contributed by atoms with E-state index in [4.69, 9.17) is 9.47 Å². The van der Waals surface area contributed by atoms with Crippen LogP contribution in [-0.2, 0) is 9.53 Å². The molecule has 1 rings (SSSR count). The first-order valence-electron chi connectivity index (χ1n) is 6.20. The third kappa shape index (κ3) is 5.38. The largest absolute Gasteiger partial charge is 0.490 e. The smallest absolute Gasteiger partial charge is 0.306 e. The summed E-state index contributed by atoms with van der Waals surface area (Å²) >= 11 is 0. The number of esters is 1. The number of ether oxygens (including phenoxy) is 2. The summed E-state index contributed by atoms with van der Waals surface area (Å²) in [6.07, 6.45) is 1.92. The average Bonchev–Trinajstić information content (AvgIpc) is 2.43. The highest BCUT2D eigenvalue weighted by Crippen LogP contribution is 2.14. The Morgan fingerprint density at radius 1 is 1.21 bits per heavy atom. The highest BCUT2D eigenvalue weighted by Gasteiger charge is 2.09. The van der Waals surface area contributed by atoms with Crippen molar-refractivity contribution in [2.45, 2.75) is 19.8 Å².